The predicted molar refractivity (Wildman–Crippen MR) is 291 cm³/mol. The second kappa shape index (κ2) is 31.5. The van der Waals surface area contributed by atoms with E-state index < -0.39 is 0 Å². The van der Waals surface area contributed by atoms with Gasteiger partial charge in [0.05, 0.1) is 39.6 Å². The third-order valence-corrected chi connectivity index (χ3v) is 20.6. The van der Waals surface area contributed by atoms with E-state index in [1.165, 1.54) is 70.4 Å². The summed E-state index contributed by atoms with van der Waals surface area (Å²) in [5.41, 5.74) is 8.48. The molecule has 0 aromatic heterocycles. The van der Waals surface area contributed by atoms with Gasteiger partial charge in [-0.1, -0.05) is 189 Å². The van der Waals surface area contributed by atoms with Crippen molar-refractivity contribution in [3.05, 3.63) is 215 Å². The van der Waals surface area contributed by atoms with Crippen molar-refractivity contribution in [2.45, 2.75) is 51.9 Å². The molecule has 350 valence electrons. The molecule has 0 N–H and O–H groups in total. The van der Waals surface area contributed by atoms with E-state index in [0.29, 0.717) is 19.8 Å². The van der Waals surface area contributed by atoms with Crippen LogP contribution in [-0.2, 0) is 52.7 Å². The van der Waals surface area contributed by atoms with E-state index in [1.807, 2.05) is 0 Å². The van der Waals surface area contributed by atoms with Crippen molar-refractivity contribution in [3.8, 4) is 0 Å². The molecule has 0 spiro atoms. The lowest BCUT2D eigenvalue weighted by Crippen LogP contribution is -2.37. The molecule has 6 heteroatoms. The molecule has 0 aliphatic heterocycles. The van der Waals surface area contributed by atoms with Gasteiger partial charge < -0.3 is 14.2 Å². The monoisotopic (exact) mass is 939 g/mol. The second-order valence-corrected chi connectivity index (χ2v) is 26.0. The minimum absolute atomic E-state index is 0.168. The topological polar surface area (TPSA) is 27.7 Å². The minimum Gasteiger partial charge on any atom is -0.380 e. The van der Waals surface area contributed by atoms with Crippen molar-refractivity contribution >= 4 is 23.8 Å². The zero-order valence-electron chi connectivity index (χ0n) is 39.9. The van der Waals surface area contributed by atoms with Gasteiger partial charge in [-0.05, 0) is 134 Å². The van der Waals surface area contributed by atoms with E-state index >= 15 is 0 Å². The van der Waals surface area contributed by atoms with Gasteiger partial charge in [-0.25, -0.2) is 0 Å². The van der Waals surface area contributed by atoms with Crippen LogP contribution in [0.2, 0.25) is 0 Å². The lowest BCUT2D eigenvalue weighted by Gasteiger charge is -2.33. The van der Waals surface area contributed by atoms with E-state index in [0.717, 1.165) is 83.3 Å². The molecule has 0 saturated carbocycles. The first-order chi connectivity index (χ1) is 32.6. The van der Waals surface area contributed by atoms with Crippen LogP contribution in [0, 0.1) is 5.41 Å². The normalized spacial score (nSPS) is 11.8. The maximum Gasteiger partial charge on any atom is 0.0566 e. The summed E-state index contributed by atoms with van der Waals surface area (Å²) in [4.78, 5) is 0. The maximum atomic E-state index is 6.80. The number of aryl methyl sites for hydroxylation is 6. The molecule has 0 bridgehead atoms. The Morgan fingerprint density at radius 2 is 0.485 bits per heavy atom. The second-order valence-electron chi connectivity index (χ2n) is 17.9. The molecule has 0 unspecified atom stereocenters. The molecule has 0 amide bonds. The molecule has 66 heavy (non-hydrogen) atoms. The molecular weight excluding hydrogens is 862 g/mol. The molecule has 0 aliphatic carbocycles. The molecule has 0 saturated heterocycles. The van der Waals surface area contributed by atoms with Crippen molar-refractivity contribution in [2.75, 3.05) is 95.1 Å². The van der Waals surface area contributed by atoms with Gasteiger partial charge in [-0.3, -0.25) is 0 Å². The Morgan fingerprint density at radius 3 is 0.667 bits per heavy atom. The van der Waals surface area contributed by atoms with Crippen LogP contribution in [0.5, 0.6) is 0 Å². The molecule has 0 atom stereocenters. The van der Waals surface area contributed by atoms with Crippen LogP contribution in [-0.4, -0.2) is 95.1 Å². The van der Waals surface area contributed by atoms with Gasteiger partial charge in [0.2, 0.25) is 0 Å². The molecule has 0 radical (unpaired) electrons. The highest BCUT2D eigenvalue weighted by Gasteiger charge is 2.30. The fraction of sp³-hybridized carbons (Fsp3) is 0.400. The van der Waals surface area contributed by atoms with Crippen molar-refractivity contribution in [2.24, 2.45) is 5.41 Å². The van der Waals surface area contributed by atoms with Crippen LogP contribution >= 0.6 is 23.8 Å². The van der Waals surface area contributed by atoms with Crippen molar-refractivity contribution < 1.29 is 14.2 Å². The smallest absolute Gasteiger partial charge is 0.0566 e. The zero-order valence-corrected chi connectivity index (χ0v) is 42.6. The molecule has 0 aliphatic rings. The summed E-state index contributed by atoms with van der Waals surface area (Å²) in [6.07, 6.45) is 18.7. The van der Waals surface area contributed by atoms with Gasteiger partial charge >= 0.3 is 0 Å². The fourth-order valence-corrected chi connectivity index (χ4v) is 15.1. The third-order valence-electron chi connectivity index (χ3n) is 13.0. The highest BCUT2D eigenvalue weighted by Crippen LogP contribution is 2.39. The molecule has 6 aromatic rings. The largest absolute Gasteiger partial charge is 0.380 e. The molecule has 3 nitrogen and oxygen atoms in total. The SMILES string of the molecule is CCC(COCCP(CCc1ccccc1)CCc1ccccc1)(COCCP(CCc1ccccc1)CCc1ccccc1)COCCP(CCc1ccccc1)CCc1ccccc1. The highest BCUT2D eigenvalue weighted by molar-refractivity contribution is 7.58. The molecule has 0 heterocycles. The van der Waals surface area contributed by atoms with Crippen LogP contribution < -0.4 is 0 Å². The summed E-state index contributed by atoms with van der Waals surface area (Å²) < 4.78 is 20.4. The number of rotatable bonds is 34. The van der Waals surface area contributed by atoms with Crippen LogP contribution in [0.3, 0.4) is 0 Å². The van der Waals surface area contributed by atoms with Gasteiger partial charge in [0, 0.05) is 5.41 Å². The van der Waals surface area contributed by atoms with E-state index in [4.69, 9.17) is 14.2 Å². The lowest BCUT2D eigenvalue weighted by molar-refractivity contribution is -0.0649. The Bertz CT molecular complexity index is 1700. The van der Waals surface area contributed by atoms with E-state index in [9.17, 15) is 0 Å². The Hall–Kier alpha value is -3.51. The molecule has 6 rings (SSSR count). The first-order valence-corrected chi connectivity index (χ1v) is 30.5. The highest BCUT2D eigenvalue weighted by atomic mass is 31.1. The third kappa shape index (κ3) is 20.8. The van der Waals surface area contributed by atoms with E-state index in [-0.39, 0.29) is 29.2 Å². The standard InChI is InChI=1S/C60H77O3P3/c1-2-60(51-61-39-48-64(42-33-54-21-9-3-10-22-54)43-34-55-23-11-4-12-24-55,52-62-40-49-65(44-35-56-25-13-5-14-26-56)45-36-57-27-15-6-16-28-57)53-63-41-50-66(46-37-58-29-17-7-18-30-58)47-38-59-31-19-8-20-32-59/h3-32H,2,33-53H2,1H3. The molecular formula is C60H77O3P3. The summed E-state index contributed by atoms with van der Waals surface area (Å²) in [6.45, 7) is 6.75. The summed E-state index contributed by atoms with van der Waals surface area (Å²) in [5.74, 6) is 0. The fourth-order valence-electron chi connectivity index (χ4n) is 8.48. The van der Waals surface area contributed by atoms with Crippen molar-refractivity contribution in [1.29, 1.82) is 0 Å². The first kappa shape index (κ1) is 51.9. The molecule has 0 fully saturated rings. The van der Waals surface area contributed by atoms with Gasteiger partial charge in [-0.2, -0.15) is 0 Å². The van der Waals surface area contributed by atoms with Crippen LogP contribution in [0.25, 0.3) is 0 Å². The van der Waals surface area contributed by atoms with Gasteiger partial charge in [-0.15, -0.1) is 23.8 Å². The lowest BCUT2D eigenvalue weighted by atomic mass is 9.88. The van der Waals surface area contributed by atoms with Crippen LogP contribution in [0.1, 0.15) is 46.7 Å². The molecule has 6 aromatic carbocycles. The number of benzene rings is 6. The van der Waals surface area contributed by atoms with Gasteiger partial charge in [0.1, 0.15) is 0 Å². The number of hydrogen-bond donors (Lipinski definition) is 0. The van der Waals surface area contributed by atoms with Gasteiger partial charge in [0.15, 0.2) is 0 Å². The first-order valence-electron chi connectivity index (χ1n) is 24.8. The summed E-state index contributed by atoms with van der Waals surface area (Å²) in [5, 5.41) is 0. The average Bonchev–Trinajstić information content (AvgIpc) is 3.38. The van der Waals surface area contributed by atoms with E-state index in [2.05, 4.69) is 189 Å². The van der Waals surface area contributed by atoms with Crippen LogP contribution in [0.4, 0.5) is 0 Å². The Morgan fingerprint density at radius 1 is 0.288 bits per heavy atom. The van der Waals surface area contributed by atoms with Crippen molar-refractivity contribution in [1.82, 2.24) is 0 Å². The number of ether oxygens (including phenoxy) is 3. The maximum absolute atomic E-state index is 6.80. The van der Waals surface area contributed by atoms with E-state index in [1.54, 1.807) is 0 Å². The Labute approximate surface area is 403 Å². The summed E-state index contributed by atoms with van der Waals surface area (Å²) in [7, 11) is -0.504. The Kier molecular flexibility index (Phi) is 24.8. The summed E-state index contributed by atoms with van der Waals surface area (Å²) >= 11 is 0. The zero-order chi connectivity index (χ0) is 45.6. The number of hydrogen-bond acceptors (Lipinski definition) is 3. The quantitative estimate of drug-likeness (QED) is 0.0298. The minimum atomic E-state index is -0.176. The average molecular weight is 939 g/mol. The Balaban J connectivity index is 1.07. The summed E-state index contributed by atoms with van der Waals surface area (Å²) in [6, 6.07) is 66.2. The predicted octanol–water partition coefficient (Wildman–Crippen LogP) is 14.3. The van der Waals surface area contributed by atoms with Crippen molar-refractivity contribution in [3.63, 3.8) is 0 Å². The van der Waals surface area contributed by atoms with Crippen LogP contribution in [0.15, 0.2) is 182 Å². The van der Waals surface area contributed by atoms with Gasteiger partial charge in [0.25, 0.3) is 0 Å².